The minimum atomic E-state index is -0.260. The number of aromatic nitrogens is 3. The van der Waals surface area contributed by atoms with Gasteiger partial charge in [0.2, 0.25) is 5.91 Å². The number of carbonyl (C=O) groups is 1. The number of hydrogen-bond donors (Lipinski definition) is 1. The molecular weight excluding hydrogens is 376 g/mol. The Morgan fingerprint density at radius 2 is 1.77 bits per heavy atom. The Kier molecular flexibility index (Phi) is 4.99. The molecule has 2 heterocycles. The lowest BCUT2D eigenvalue weighted by Gasteiger charge is -2.11. The van der Waals surface area contributed by atoms with Gasteiger partial charge in [0.15, 0.2) is 5.65 Å². The molecule has 0 aliphatic carbocycles. The lowest BCUT2D eigenvalue weighted by Crippen LogP contribution is -2.28. The largest absolute Gasteiger partial charge is 0.324 e. The first-order chi connectivity index (χ1) is 14.4. The van der Waals surface area contributed by atoms with Crippen molar-refractivity contribution in [1.29, 1.82) is 0 Å². The van der Waals surface area contributed by atoms with Crippen molar-refractivity contribution in [2.45, 2.75) is 34.2 Å². The van der Waals surface area contributed by atoms with Crippen molar-refractivity contribution < 1.29 is 4.79 Å². The summed E-state index contributed by atoms with van der Waals surface area (Å²) in [6.07, 6.45) is 1.45. The third-order valence-electron chi connectivity index (χ3n) is 5.48. The zero-order valence-electron chi connectivity index (χ0n) is 17.6. The fourth-order valence-corrected chi connectivity index (χ4v) is 3.71. The molecule has 6 nitrogen and oxygen atoms in total. The molecule has 1 N–H and O–H groups in total. The molecule has 0 radical (unpaired) electrons. The number of nitrogens with zero attached hydrogens (tertiary/aromatic N) is 3. The zero-order valence-corrected chi connectivity index (χ0v) is 17.6. The molecule has 0 atom stereocenters. The summed E-state index contributed by atoms with van der Waals surface area (Å²) in [5.74, 6) is -0.260. The molecule has 0 saturated carbocycles. The first-order valence-electron chi connectivity index (χ1n) is 9.86. The van der Waals surface area contributed by atoms with Crippen LogP contribution in [0.2, 0.25) is 0 Å². The molecule has 0 saturated heterocycles. The number of hydrogen-bond acceptors (Lipinski definition) is 3. The Morgan fingerprint density at radius 1 is 1.03 bits per heavy atom. The maximum Gasteiger partial charge on any atom is 0.263 e. The van der Waals surface area contributed by atoms with E-state index < -0.39 is 0 Å². The summed E-state index contributed by atoms with van der Waals surface area (Å²) in [4.78, 5) is 30.3. The average Bonchev–Trinajstić information content (AvgIpc) is 2.98. The van der Waals surface area contributed by atoms with Gasteiger partial charge in [-0.3, -0.25) is 18.7 Å². The van der Waals surface area contributed by atoms with Gasteiger partial charge in [0.25, 0.3) is 5.56 Å². The van der Waals surface area contributed by atoms with Gasteiger partial charge < -0.3 is 5.32 Å². The lowest BCUT2D eigenvalue weighted by molar-refractivity contribution is -0.116. The number of amides is 1. The molecule has 0 fully saturated rings. The normalized spacial score (nSPS) is 11.1. The van der Waals surface area contributed by atoms with Crippen molar-refractivity contribution in [2.24, 2.45) is 0 Å². The van der Waals surface area contributed by atoms with Gasteiger partial charge in [-0.2, -0.15) is 0 Å². The van der Waals surface area contributed by atoms with Crippen LogP contribution in [0.1, 0.15) is 22.4 Å². The van der Waals surface area contributed by atoms with Crippen molar-refractivity contribution in [3.63, 3.8) is 0 Å². The van der Waals surface area contributed by atoms with E-state index in [0.29, 0.717) is 11.0 Å². The van der Waals surface area contributed by atoms with Crippen molar-refractivity contribution in [2.75, 3.05) is 5.32 Å². The highest BCUT2D eigenvalue weighted by Crippen LogP contribution is 2.24. The van der Waals surface area contributed by atoms with E-state index in [-0.39, 0.29) is 18.0 Å². The summed E-state index contributed by atoms with van der Waals surface area (Å²) < 4.78 is 3.34. The van der Waals surface area contributed by atoms with Crippen LogP contribution >= 0.6 is 0 Å². The fourth-order valence-electron chi connectivity index (χ4n) is 3.71. The minimum absolute atomic E-state index is 0.0931. The summed E-state index contributed by atoms with van der Waals surface area (Å²) in [6.45, 7) is 7.71. The number of carbonyl (C=O) groups excluding carboxylic acids is 1. The third-order valence-corrected chi connectivity index (χ3v) is 5.48. The van der Waals surface area contributed by atoms with E-state index in [9.17, 15) is 9.59 Å². The van der Waals surface area contributed by atoms with Crippen LogP contribution in [0.4, 0.5) is 5.69 Å². The molecule has 2 aromatic heterocycles. The van der Waals surface area contributed by atoms with Gasteiger partial charge in [-0.1, -0.05) is 30.3 Å². The van der Waals surface area contributed by atoms with E-state index in [1.807, 2.05) is 80.8 Å². The highest BCUT2D eigenvalue weighted by Gasteiger charge is 2.18. The quantitative estimate of drug-likeness (QED) is 0.562. The number of aryl methyl sites for hydroxylation is 3. The van der Waals surface area contributed by atoms with Gasteiger partial charge >= 0.3 is 0 Å². The van der Waals surface area contributed by atoms with Crippen LogP contribution in [0.15, 0.2) is 59.7 Å². The molecule has 2 aromatic carbocycles. The lowest BCUT2D eigenvalue weighted by atomic mass is 10.1. The zero-order chi connectivity index (χ0) is 21.4. The van der Waals surface area contributed by atoms with Crippen molar-refractivity contribution >= 4 is 22.6 Å². The van der Waals surface area contributed by atoms with Crippen molar-refractivity contribution in [3.05, 3.63) is 87.6 Å². The highest BCUT2D eigenvalue weighted by atomic mass is 16.2. The smallest absolute Gasteiger partial charge is 0.263 e. The minimum Gasteiger partial charge on any atom is -0.324 e. The first-order valence-corrected chi connectivity index (χ1v) is 9.86. The van der Waals surface area contributed by atoms with E-state index in [0.717, 1.165) is 33.8 Å². The Bertz CT molecular complexity index is 1320. The van der Waals surface area contributed by atoms with Gasteiger partial charge in [0, 0.05) is 17.1 Å². The van der Waals surface area contributed by atoms with Gasteiger partial charge in [-0.05, 0) is 62.6 Å². The number of anilines is 1. The molecule has 0 aliphatic rings. The second-order valence-electron chi connectivity index (χ2n) is 7.62. The Labute approximate surface area is 174 Å². The maximum atomic E-state index is 13.2. The van der Waals surface area contributed by atoms with Crippen LogP contribution < -0.4 is 10.9 Å². The Morgan fingerprint density at radius 3 is 2.50 bits per heavy atom. The summed E-state index contributed by atoms with van der Waals surface area (Å²) in [5, 5.41) is 3.44. The fraction of sp³-hybridized carbons (Fsp3) is 0.208. The Balaban J connectivity index is 1.71. The SMILES string of the molecule is Cc1ccc(C)c(NC(=O)Cn2cnc3c(c(C)c(C)n3-c3ccccc3)c2=O)c1. The van der Waals surface area contributed by atoms with Crippen LogP contribution in [0, 0.1) is 27.7 Å². The summed E-state index contributed by atoms with van der Waals surface area (Å²) in [6, 6.07) is 15.7. The summed E-state index contributed by atoms with van der Waals surface area (Å²) >= 11 is 0. The molecule has 4 rings (SSSR count). The summed E-state index contributed by atoms with van der Waals surface area (Å²) in [5.41, 5.74) is 5.95. The monoisotopic (exact) mass is 400 g/mol. The first kappa shape index (κ1) is 19.6. The van der Waals surface area contributed by atoms with Crippen LogP contribution in [-0.4, -0.2) is 20.0 Å². The molecule has 1 amide bonds. The van der Waals surface area contributed by atoms with Crippen LogP contribution in [0.5, 0.6) is 0 Å². The molecule has 0 bridgehead atoms. The van der Waals surface area contributed by atoms with Crippen molar-refractivity contribution in [3.8, 4) is 5.69 Å². The average molecular weight is 400 g/mol. The molecule has 152 valence electrons. The second kappa shape index (κ2) is 7.63. The third kappa shape index (κ3) is 3.41. The maximum absolute atomic E-state index is 13.2. The standard InChI is InChI=1S/C24H24N4O2/c1-15-10-11-16(2)20(12-15)26-21(29)13-27-14-25-23-22(24(27)30)17(3)18(4)28(23)19-8-6-5-7-9-19/h5-12,14H,13H2,1-4H3,(H,26,29). The van der Waals surface area contributed by atoms with E-state index in [1.54, 1.807) is 0 Å². The molecule has 0 aliphatic heterocycles. The van der Waals surface area contributed by atoms with E-state index in [4.69, 9.17) is 0 Å². The van der Waals surface area contributed by atoms with Crippen LogP contribution in [0.25, 0.3) is 16.7 Å². The van der Waals surface area contributed by atoms with E-state index in [2.05, 4.69) is 10.3 Å². The molecule has 0 unspecified atom stereocenters. The number of nitrogens with one attached hydrogen (secondary N) is 1. The topological polar surface area (TPSA) is 68.9 Å². The van der Waals surface area contributed by atoms with Crippen LogP contribution in [0.3, 0.4) is 0 Å². The number of para-hydroxylation sites is 1. The van der Waals surface area contributed by atoms with Gasteiger partial charge in [-0.15, -0.1) is 0 Å². The Hall–Kier alpha value is -3.67. The predicted molar refractivity (Wildman–Crippen MR) is 119 cm³/mol. The van der Waals surface area contributed by atoms with Crippen molar-refractivity contribution in [1.82, 2.24) is 14.1 Å². The molecule has 4 aromatic rings. The highest BCUT2D eigenvalue weighted by molar-refractivity contribution is 5.91. The van der Waals surface area contributed by atoms with Gasteiger partial charge in [0.1, 0.15) is 12.9 Å². The van der Waals surface area contributed by atoms with Gasteiger partial charge in [-0.25, -0.2) is 4.98 Å². The van der Waals surface area contributed by atoms with E-state index in [1.165, 1.54) is 10.9 Å². The number of fused-ring (bicyclic) bond motifs is 1. The van der Waals surface area contributed by atoms with E-state index >= 15 is 0 Å². The predicted octanol–water partition coefficient (Wildman–Crippen LogP) is 4.06. The number of benzene rings is 2. The molecule has 30 heavy (non-hydrogen) atoms. The van der Waals surface area contributed by atoms with Gasteiger partial charge in [0.05, 0.1) is 5.39 Å². The second-order valence-corrected chi connectivity index (χ2v) is 7.62. The summed E-state index contributed by atoms with van der Waals surface area (Å²) in [7, 11) is 0. The van der Waals surface area contributed by atoms with Crippen LogP contribution in [-0.2, 0) is 11.3 Å². The number of rotatable bonds is 4. The molecule has 0 spiro atoms. The molecule has 6 heteroatoms. The molecular formula is C24H24N4O2.